The molecule has 2 aromatic rings. The minimum absolute atomic E-state index is 0.1000. The van der Waals surface area contributed by atoms with Crippen molar-refractivity contribution >= 4 is 0 Å². The van der Waals surface area contributed by atoms with Crippen LogP contribution in [0.2, 0.25) is 0 Å². The molecule has 0 heterocycles. The van der Waals surface area contributed by atoms with E-state index in [1.54, 1.807) is 18.2 Å². The zero-order valence-electron chi connectivity index (χ0n) is 15.2. The highest BCUT2D eigenvalue weighted by molar-refractivity contribution is 5.59. The second kappa shape index (κ2) is 7.61. The maximum absolute atomic E-state index is 10.3. The Morgan fingerprint density at radius 2 is 1.70 bits per heavy atom. The third-order valence-corrected chi connectivity index (χ3v) is 4.02. The Kier molecular flexibility index (Phi) is 5.86. The van der Waals surface area contributed by atoms with Gasteiger partial charge in [0, 0.05) is 30.0 Å². The van der Waals surface area contributed by atoms with E-state index in [4.69, 9.17) is 10.5 Å². The Hall–Kier alpha value is -2.52. The van der Waals surface area contributed by atoms with Gasteiger partial charge < -0.3 is 41.1 Å². The Labute approximate surface area is 156 Å². The van der Waals surface area contributed by atoms with Gasteiger partial charge >= 0.3 is 0 Å². The molecule has 0 aromatic heterocycles. The summed E-state index contributed by atoms with van der Waals surface area (Å²) in [4.78, 5) is 0. The predicted octanol–water partition coefficient (Wildman–Crippen LogP) is 0.928. The maximum Gasteiger partial charge on any atom is 0.193 e. The molecule has 0 amide bonds. The number of phenols is 3. The summed E-state index contributed by atoms with van der Waals surface area (Å²) < 4.78 is 5.43. The fourth-order valence-electron chi connectivity index (χ4n) is 2.70. The first-order valence-corrected chi connectivity index (χ1v) is 8.33. The van der Waals surface area contributed by atoms with Crippen molar-refractivity contribution in [3.63, 3.8) is 0 Å². The van der Waals surface area contributed by atoms with Crippen LogP contribution in [0.5, 0.6) is 23.0 Å². The van der Waals surface area contributed by atoms with Crippen molar-refractivity contribution in [3.05, 3.63) is 47.0 Å². The van der Waals surface area contributed by atoms with Crippen LogP contribution >= 0.6 is 0 Å². The molecule has 0 saturated heterocycles. The third kappa shape index (κ3) is 5.24. The van der Waals surface area contributed by atoms with Crippen LogP contribution in [-0.2, 0) is 12.2 Å². The molecule has 0 aliphatic carbocycles. The number of aromatic hydroxyl groups is 3. The van der Waals surface area contributed by atoms with E-state index < -0.39 is 28.8 Å². The normalized spacial score (nSPS) is 14.0. The molecule has 0 saturated carbocycles. The van der Waals surface area contributed by atoms with Gasteiger partial charge in [-0.05, 0) is 13.8 Å². The first kappa shape index (κ1) is 20.8. The van der Waals surface area contributed by atoms with Gasteiger partial charge in [0.15, 0.2) is 28.8 Å². The smallest absolute Gasteiger partial charge is 0.193 e. The second-order valence-electron chi connectivity index (χ2n) is 6.89. The molecule has 2 rings (SSSR count). The van der Waals surface area contributed by atoms with Crippen molar-refractivity contribution < 1.29 is 35.4 Å². The summed E-state index contributed by atoms with van der Waals surface area (Å²) in [6.07, 6.45) is -0.562. The van der Waals surface area contributed by atoms with E-state index in [0.29, 0.717) is 0 Å². The lowest BCUT2D eigenvalue weighted by Gasteiger charge is -2.24. The number of nitrogens with two attached hydrogens (primary N) is 1. The average Bonchev–Trinajstić information content (AvgIpc) is 2.54. The van der Waals surface area contributed by atoms with Crippen LogP contribution in [0.25, 0.3) is 0 Å². The molecule has 0 aliphatic heterocycles. The Bertz CT molecular complexity index is 812. The zero-order chi connectivity index (χ0) is 20.4. The molecular weight excluding hydrogens is 354 g/mol. The van der Waals surface area contributed by atoms with Crippen LogP contribution in [0, 0.1) is 6.92 Å². The first-order chi connectivity index (χ1) is 12.4. The quantitative estimate of drug-likeness (QED) is 0.213. The number of phenolic OH excluding ortho intramolecular Hbond substituents is 3. The Morgan fingerprint density at radius 1 is 1.04 bits per heavy atom. The standard InChI is InChI=1S/C19H25NO7/c1-11-4-3-5-12(8-11)19(25,26)6-7-27-17-13(10-18(2,20)24)16(23)14(21)9-15(17)22/h3-5,8-9,21-26H,6-7,10,20H2,1-2H3. The van der Waals surface area contributed by atoms with Gasteiger partial charge in [0.25, 0.3) is 0 Å². The summed E-state index contributed by atoms with van der Waals surface area (Å²) in [5.74, 6) is -4.05. The maximum atomic E-state index is 10.3. The lowest BCUT2D eigenvalue weighted by atomic mass is 10.0. The Balaban J connectivity index is 2.21. The van der Waals surface area contributed by atoms with Gasteiger partial charge in [-0.1, -0.05) is 29.8 Å². The van der Waals surface area contributed by atoms with Crippen LogP contribution in [0.1, 0.15) is 30.0 Å². The molecule has 1 unspecified atom stereocenters. The van der Waals surface area contributed by atoms with Gasteiger partial charge in [-0.2, -0.15) is 0 Å². The van der Waals surface area contributed by atoms with Crippen LogP contribution in [-0.4, -0.2) is 43.0 Å². The number of hydrogen-bond donors (Lipinski definition) is 7. The fourth-order valence-corrected chi connectivity index (χ4v) is 2.70. The molecule has 0 radical (unpaired) electrons. The summed E-state index contributed by atoms with van der Waals surface area (Å²) in [5.41, 5.74) is 4.84. The molecule has 148 valence electrons. The molecule has 0 aliphatic rings. The monoisotopic (exact) mass is 379 g/mol. The lowest BCUT2D eigenvalue weighted by Crippen LogP contribution is -2.38. The van der Waals surface area contributed by atoms with Gasteiger partial charge in [0.05, 0.1) is 6.61 Å². The average molecular weight is 379 g/mol. The van der Waals surface area contributed by atoms with Crippen LogP contribution < -0.4 is 10.5 Å². The fraction of sp³-hybridized carbons (Fsp3) is 0.368. The molecule has 0 fully saturated rings. The highest BCUT2D eigenvalue weighted by Crippen LogP contribution is 2.44. The van der Waals surface area contributed by atoms with Gasteiger partial charge in [-0.25, -0.2) is 0 Å². The van der Waals surface area contributed by atoms with E-state index in [-0.39, 0.29) is 36.3 Å². The van der Waals surface area contributed by atoms with E-state index in [0.717, 1.165) is 11.6 Å². The highest BCUT2D eigenvalue weighted by atomic mass is 16.5. The SMILES string of the molecule is Cc1cccc(C(O)(O)CCOc2c(O)cc(O)c(O)c2CC(C)(N)O)c1. The summed E-state index contributed by atoms with van der Waals surface area (Å²) in [6.45, 7) is 2.86. The van der Waals surface area contributed by atoms with Crippen molar-refractivity contribution in [3.8, 4) is 23.0 Å². The number of rotatable bonds is 7. The predicted molar refractivity (Wildman–Crippen MR) is 97.4 cm³/mol. The molecule has 27 heavy (non-hydrogen) atoms. The third-order valence-electron chi connectivity index (χ3n) is 4.02. The number of aryl methyl sites for hydroxylation is 1. The van der Waals surface area contributed by atoms with Crippen molar-refractivity contribution in [1.82, 2.24) is 0 Å². The van der Waals surface area contributed by atoms with Gasteiger partial charge in [0.1, 0.15) is 5.72 Å². The largest absolute Gasteiger partial charge is 0.504 e. The molecule has 0 spiro atoms. The molecule has 8 heteroatoms. The number of benzene rings is 2. The van der Waals surface area contributed by atoms with Crippen LogP contribution in [0.4, 0.5) is 0 Å². The minimum atomic E-state index is -2.17. The summed E-state index contributed by atoms with van der Waals surface area (Å²) in [7, 11) is 0. The topological polar surface area (TPSA) is 157 Å². The summed E-state index contributed by atoms with van der Waals surface area (Å²) in [5, 5.41) is 60.1. The van der Waals surface area contributed by atoms with Gasteiger partial charge in [-0.3, -0.25) is 0 Å². The molecule has 2 aromatic carbocycles. The van der Waals surface area contributed by atoms with Crippen molar-refractivity contribution in [1.29, 1.82) is 0 Å². The molecule has 8 nitrogen and oxygen atoms in total. The Morgan fingerprint density at radius 3 is 2.30 bits per heavy atom. The van der Waals surface area contributed by atoms with E-state index in [1.807, 2.05) is 13.0 Å². The first-order valence-electron chi connectivity index (χ1n) is 8.33. The van der Waals surface area contributed by atoms with Crippen molar-refractivity contribution in [2.45, 2.75) is 38.2 Å². The highest BCUT2D eigenvalue weighted by Gasteiger charge is 2.28. The summed E-state index contributed by atoms with van der Waals surface area (Å²) >= 11 is 0. The number of hydrogen-bond acceptors (Lipinski definition) is 8. The van der Waals surface area contributed by atoms with E-state index in [9.17, 15) is 30.6 Å². The zero-order valence-corrected chi connectivity index (χ0v) is 15.2. The van der Waals surface area contributed by atoms with Crippen molar-refractivity contribution in [2.24, 2.45) is 5.73 Å². The summed E-state index contributed by atoms with van der Waals surface area (Å²) in [6, 6.07) is 7.58. The van der Waals surface area contributed by atoms with E-state index >= 15 is 0 Å². The second-order valence-corrected chi connectivity index (χ2v) is 6.89. The van der Waals surface area contributed by atoms with Crippen LogP contribution in [0.15, 0.2) is 30.3 Å². The number of ether oxygens (including phenoxy) is 1. The van der Waals surface area contributed by atoms with Crippen LogP contribution in [0.3, 0.4) is 0 Å². The molecule has 0 bridgehead atoms. The van der Waals surface area contributed by atoms with Crippen molar-refractivity contribution in [2.75, 3.05) is 6.61 Å². The molecule has 8 N–H and O–H groups in total. The molecular formula is C19H25NO7. The molecule has 1 atom stereocenters. The van der Waals surface area contributed by atoms with Gasteiger partial charge in [-0.15, -0.1) is 0 Å². The van der Waals surface area contributed by atoms with Gasteiger partial charge in [0.2, 0.25) is 0 Å². The number of aliphatic hydroxyl groups is 3. The van der Waals surface area contributed by atoms with E-state index in [2.05, 4.69) is 0 Å². The van der Waals surface area contributed by atoms with E-state index in [1.165, 1.54) is 6.92 Å². The minimum Gasteiger partial charge on any atom is -0.504 e. The lowest BCUT2D eigenvalue weighted by molar-refractivity contribution is -0.178.